The Kier molecular flexibility index (Phi) is 22.3. The van der Waals surface area contributed by atoms with Gasteiger partial charge in [-0.05, 0) is 12.2 Å². The summed E-state index contributed by atoms with van der Waals surface area (Å²) in [7, 11) is 0. The van der Waals surface area contributed by atoms with Crippen molar-refractivity contribution in [2.24, 2.45) is 0 Å². The van der Waals surface area contributed by atoms with Gasteiger partial charge in [0.05, 0.1) is 6.61 Å². The van der Waals surface area contributed by atoms with Crippen LogP contribution in [0.2, 0.25) is 0 Å². The molecule has 0 aromatic heterocycles. The molecule has 1 saturated heterocycles. The topological polar surface area (TPSA) is 124 Å². The number of hydrogen-bond donors (Lipinski definition) is 0. The first kappa shape index (κ1) is 39.2. The summed E-state index contributed by atoms with van der Waals surface area (Å²) in [5.74, 6) is -0.847. The average Bonchev–Trinajstić information content (AvgIpc) is 2.93. The van der Waals surface area contributed by atoms with E-state index < -0.39 is 54.6 Å². The van der Waals surface area contributed by atoms with Gasteiger partial charge in [0.2, 0.25) is 0 Å². The molecule has 1 rings (SSSR count). The lowest BCUT2D eigenvalue weighted by molar-refractivity contribution is -0.307. The maximum Gasteiger partial charge on any atom is 0.303 e. The van der Waals surface area contributed by atoms with Gasteiger partial charge in [-0.25, -0.2) is 0 Å². The molecule has 1 fully saturated rings. The van der Waals surface area contributed by atoms with Crippen molar-refractivity contribution in [1.29, 1.82) is 0 Å². The Morgan fingerprint density at radius 1 is 0.581 bits per heavy atom. The van der Waals surface area contributed by atoms with Gasteiger partial charge in [-0.1, -0.05) is 90.4 Å². The standard InChI is InChI=1S/C32H56O10S/c1-6-7-8-9-10-11-12-13-14-15-16-17-18-19-21-43-22-20-37-32-31(41-27(5)36)30(40-26(4)35)29(39-25(3)34)28(42-32)23-38-24(2)33/h28-32H,6-23H2,1-5H3/t28-,29-,30+,31-,32+/m1/s1. The molecule has 0 aromatic carbocycles. The van der Waals surface area contributed by atoms with E-state index in [-0.39, 0.29) is 13.2 Å². The van der Waals surface area contributed by atoms with Crippen LogP contribution in [-0.4, -0.2) is 79.3 Å². The van der Waals surface area contributed by atoms with Gasteiger partial charge in [0, 0.05) is 33.4 Å². The summed E-state index contributed by atoms with van der Waals surface area (Å²) in [6.45, 7) is 7.10. The fourth-order valence-corrected chi connectivity index (χ4v) is 5.87. The lowest BCUT2D eigenvalue weighted by Crippen LogP contribution is -2.63. The van der Waals surface area contributed by atoms with Crippen molar-refractivity contribution in [3.8, 4) is 0 Å². The third kappa shape index (κ3) is 19.2. The fourth-order valence-electron chi connectivity index (χ4n) is 5.05. The summed E-state index contributed by atoms with van der Waals surface area (Å²) in [5.41, 5.74) is 0. The van der Waals surface area contributed by atoms with E-state index in [1.807, 2.05) is 0 Å². The van der Waals surface area contributed by atoms with Crippen LogP contribution in [0, 0.1) is 0 Å². The molecule has 0 amide bonds. The van der Waals surface area contributed by atoms with E-state index in [2.05, 4.69) is 6.92 Å². The first-order chi connectivity index (χ1) is 20.6. The molecule has 0 bridgehead atoms. The van der Waals surface area contributed by atoms with Gasteiger partial charge in [-0.2, -0.15) is 11.8 Å². The van der Waals surface area contributed by atoms with Crippen LogP contribution < -0.4 is 0 Å². The number of carbonyl (C=O) groups is 4. The summed E-state index contributed by atoms with van der Waals surface area (Å²) in [5, 5.41) is 0. The predicted molar refractivity (Wildman–Crippen MR) is 166 cm³/mol. The molecule has 5 atom stereocenters. The smallest absolute Gasteiger partial charge is 0.303 e. The summed E-state index contributed by atoms with van der Waals surface area (Å²) in [6.07, 6.45) is 12.9. The minimum absolute atomic E-state index is 0.272. The highest BCUT2D eigenvalue weighted by molar-refractivity contribution is 7.99. The van der Waals surface area contributed by atoms with Gasteiger partial charge in [0.1, 0.15) is 12.7 Å². The van der Waals surface area contributed by atoms with Gasteiger partial charge in [0.15, 0.2) is 24.6 Å². The molecule has 0 spiro atoms. The summed E-state index contributed by atoms with van der Waals surface area (Å²) in [4.78, 5) is 47.1. The maximum atomic E-state index is 11.9. The Hall–Kier alpha value is -1.85. The normalized spacial score (nSPS) is 21.7. The van der Waals surface area contributed by atoms with Gasteiger partial charge in [-0.3, -0.25) is 19.2 Å². The molecule has 0 radical (unpaired) electrons. The van der Waals surface area contributed by atoms with Gasteiger partial charge in [-0.15, -0.1) is 0 Å². The molecule has 0 aliphatic carbocycles. The Labute approximate surface area is 262 Å². The number of unbranched alkanes of at least 4 members (excludes halogenated alkanes) is 13. The van der Waals surface area contributed by atoms with E-state index in [1.54, 1.807) is 11.8 Å². The SMILES string of the molecule is CCCCCCCCCCCCCCCCSCCO[C@H]1O[C@H](COC(C)=O)[C@@H](OC(C)=O)[C@H](OC(C)=O)[C@H]1OC(C)=O. The molecular formula is C32H56O10S. The molecular weight excluding hydrogens is 576 g/mol. The van der Waals surface area contributed by atoms with Crippen molar-refractivity contribution in [3.05, 3.63) is 0 Å². The molecule has 43 heavy (non-hydrogen) atoms. The van der Waals surface area contributed by atoms with Crippen LogP contribution in [0.3, 0.4) is 0 Å². The van der Waals surface area contributed by atoms with Crippen LogP contribution in [0.25, 0.3) is 0 Å². The van der Waals surface area contributed by atoms with Crippen LogP contribution >= 0.6 is 11.8 Å². The van der Waals surface area contributed by atoms with Crippen LogP contribution in [0.15, 0.2) is 0 Å². The van der Waals surface area contributed by atoms with Crippen LogP contribution in [0.1, 0.15) is 125 Å². The molecule has 10 nitrogen and oxygen atoms in total. The van der Waals surface area contributed by atoms with E-state index in [4.69, 9.17) is 28.4 Å². The number of hydrogen-bond acceptors (Lipinski definition) is 11. The van der Waals surface area contributed by atoms with E-state index >= 15 is 0 Å². The molecule has 1 aliphatic rings. The highest BCUT2D eigenvalue weighted by Gasteiger charge is 2.52. The Balaban J connectivity index is 2.41. The highest BCUT2D eigenvalue weighted by Crippen LogP contribution is 2.30. The molecule has 0 aromatic rings. The van der Waals surface area contributed by atoms with Crippen LogP contribution in [0.5, 0.6) is 0 Å². The molecule has 11 heteroatoms. The lowest BCUT2D eigenvalue weighted by atomic mass is 9.98. The van der Waals surface area contributed by atoms with Crippen molar-refractivity contribution in [3.63, 3.8) is 0 Å². The van der Waals surface area contributed by atoms with Crippen molar-refractivity contribution in [2.75, 3.05) is 24.7 Å². The van der Waals surface area contributed by atoms with Crippen LogP contribution in [-0.2, 0) is 47.6 Å². The fraction of sp³-hybridized carbons (Fsp3) is 0.875. The highest BCUT2D eigenvalue weighted by atomic mass is 32.2. The third-order valence-electron chi connectivity index (χ3n) is 7.10. The molecule has 1 aliphatic heterocycles. The quantitative estimate of drug-likeness (QED) is 0.0676. The Morgan fingerprint density at radius 3 is 1.53 bits per heavy atom. The maximum absolute atomic E-state index is 11.9. The molecule has 1 heterocycles. The third-order valence-corrected chi connectivity index (χ3v) is 8.13. The van der Waals surface area contributed by atoms with E-state index in [0.717, 1.165) is 12.2 Å². The largest absolute Gasteiger partial charge is 0.463 e. The molecule has 0 saturated carbocycles. The van der Waals surface area contributed by atoms with Crippen molar-refractivity contribution in [2.45, 2.75) is 155 Å². The molecule has 0 unspecified atom stereocenters. The second kappa shape index (κ2) is 24.5. The van der Waals surface area contributed by atoms with Crippen LogP contribution in [0.4, 0.5) is 0 Å². The minimum Gasteiger partial charge on any atom is -0.463 e. The summed E-state index contributed by atoms with van der Waals surface area (Å²) in [6, 6.07) is 0. The summed E-state index contributed by atoms with van der Waals surface area (Å²) >= 11 is 1.76. The van der Waals surface area contributed by atoms with Crippen molar-refractivity contribution in [1.82, 2.24) is 0 Å². The number of ether oxygens (including phenoxy) is 6. The zero-order chi connectivity index (χ0) is 31.9. The predicted octanol–water partition coefficient (Wildman–Crippen LogP) is 6.30. The van der Waals surface area contributed by atoms with E-state index in [1.165, 1.54) is 111 Å². The monoisotopic (exact) mass is 632 g/mol. The van der Waals surface area contributed by atoms with Crippen molar-refractivity contribution < 1.29 is 47.6 Å². The first-order valence-corrected chi connectivity index (χ1v) is 17.3. The number of thioether (sulfide) groups is 1. The zero-order valence-corrected chi connectivity index (χ0v) is 27.9. The van der Waals surface area contributed by atoms with E-state index in [9.17, 15) is 19.2 Å². The zero-order valence-electron chi connectivity index (χ0n) is 27.1. The van der Waals surface area contributed by atoms with Gasteiger partial charge in [0.25, 0.3) is 0 Å². The Bertz CT molecular complexity index is 792. The number of carbonyl (C=O) groups excluding carboxylic acids is 4. The molecule has 250 valence electrons. The Morgan fingerprint density at radius 2 is 1.05 bits per heavy atom. The second-order valence-electron chi connectivity index (χ2n) is 11.1. The number of rotatable bonds is 24. The number of esters is 4. The second-order valence-corrected chi connectivity index (χ2v) is 12.4. The van der Waals surface area contributed by atoms with Gasteiger partial charge >= 0.3 is 23.9 Å². The average molecular weight is 633 g/mol. The van der Waals surface area contributed by atoms with E-state index in [0.29, 0.717) is 5.75 Å². The van der Waals surface area contributed by atoms with Gasteiger partial charge < -0.3 is 28.4 Å². The molecule has 0 N–H and O–H groups in total. The summed E-state index contributed by atoms with van der Waals surface area (Å²) < 4.78 is 33.2. The first-order valence-electron chi connectivity index (χ1n) is 16.2. The lowest BCUT2D eigenvalue weighted by Gasteiger charge is -2.44. The minimum atomic E-state index is -1.21. The van der Waals surface area contributed by atoms with Crippen molar-refractivity contribution >= 4 is 35.6 Å².